The standard InChI is InChI=1S/C8H11NO2S2/c1-3-10-7(11-4-2)5-6-9-8(12)13/h3-5H,1-2,6H2,(H2,9,12,13). The van der Waals surface area contributed by atoms with Gasteiger partial charge in [-0.3, -0.25) is 0 Å². The molecule has 0 aromatic carbocycles. The molecule has 0 bridgehead atoms. The van der Waals surface area contributed by atoms with E-state index >= 15 is 0 Å². The van der Waals surface area contributed by atoms with Crippen LogP contribution < -0.4 is 5.32 Å². The first-order chi connectivity index (χ1) is 6.20. The first kappa shape index (κ1) is 12.1. The van der Waals surface area contributed by atoms with Gasteiger partial charge in [-0.2, -0.15) is 0 Å². The molecule has 0 radical (unpaired) electrons. The zero-order valence-corrected chi connectivity index (χ0v) is 8.74. The van der Waals surface area contributed by atoms with Crippen LogP contribution in [0.15, 0.2) is 37.7 Å². The van der Waals surface area contributed by atoms with E-state index in [4.69, 9.17) is 9.47 Å². The molecule has 0 aliphatic carbocycles. The predicted octanol–water partition coefficient (Wildman–Crippen LogP) is 1.95. The Morgan fingerprint density at radius 2 is 1.92 bits per heavy atom. The summed E-state index contributed by atoms with van der Waals surface area (Å²) >= 11 is 8.55. The monoisotopic (exact) mass is 217 g/mol. The van der Waals surface area contributed by atoms with Crippen molar-refractivity contribution < 1.29 is 9.47 Å². The van der Waals surface area contributed by atoms with Crippen LogP contribution in [-0.4, -0.2) is 10.9 Å². The van der Waals surface area contributed by atoms with Crippen molar-refractivity contribution in [3.63, 3.8) is 0 Å². The molecule has 0 atom stereocenters. The van der Waals surface area contributed by atoms with E-state index in [0.29, 0.717) is 16.8 Å². The Balaban J connectivity index is 3.93. The van der Waals surface area contributed by atoms with E-state index in [9.17, 15) is 0 Å². The second kappa shape index (κ2) is 7.70. The third-order valence-corrected chi connectivity index (χ3v) is 1.22. The van der Waals surface area contributed by atoms with Crippen LogP contribution in [0.5, 0.6) is 0 Å². The van der Waals surface area contributed by atoms with E-state index in [2.05, 4.69) is 43.3 Å². The first-order valence-corrected chi connectivity index (χ1v) is 4.28. The number of hydrogen-bond acceptors (Lipinski definition) is 3. The minimum absolute atomic E-state index is 0.294. The fourth-order valence-corrected chi connectivity index (χ4v) is 0.685. The smallest absolute Gasteiger partial charge is 0.286 e. The van der Waals surface area contributed by atoms with Crippen LogP contribution in [0, 0.1) is 0 Å². The van der Waals surface area contributed by atoms with Crippen molar-refractivity contribution >= 4 is 29.2 Å². The fourth-order valence-electron chi connectivity index (χ4n) is 0.510. The van der Waals surface area contributed by atoms with Crippen molar-refractivity contribution in [2.24, 2.45) is 0 Å². The van der Waals surface area contributed by atoms with Crippen LogP contribution in [-0.2, 0) is 9.47 Å². The SMILES string of the molecule is C=COC(=CCNC(=S)S)OC=C. The van der Waals surface area contributed by atoms with E-state index in [-0.39, 0.29) is 0 Å². The van der Waals surface area contributed by atoms with Gasteiger partial charge >= 0.3 is 0 Å². The van der Waals surface area contributed by atoms with E-state index in [0.717, 1.165) is 0 Å². The lowest BCUT2D eigenvalue weighted by Gasteiger charge is -2.04. The van der Waals surface area contributed by atoms with Gasteiger partial charge in [-0.15, -0.1) is 12.6 Å². The largest absolute Gasteiger partial charge is 0.435 e. The average Bonchev–Trinajstić information content (AvgIpc) is 2.04. The molecule has 13 heavy (non-hydrogen) atoms. The summed E-state index contributed by atoms with van der Waals surface area (Å²) in [7, 11) is 0. The van der Waals surface area contributed by atoms with Gasteiger partial charge in [-0.25, -0.2) is 0 Å². The summed E-state index contributed by atoms with van der Waals surface area (Å²) in [4.78, 5) is 0. The van der Waals surface area contributed by atoms with Crippen molar-refractivity contribution in [3.05, 3.63) is 37.7 Å². The zero-order chi connectivity index (χ0) is 10.1. The van der Waals surface area contributed by atoms with Gasteiger partial charge in [0.05, 0.1) is 12.5 Å². The Hall–Kier alpha value is -0.940. The van der Waals surface area contributed by atoms with E-state index in [1.54, 1.807) is 6.08 Å². The van der Waals surface area contributed by atoms with E-state index in [1.807, 2.05) is 0 Å². The molecule has 0 rings (SSSR count). The second-order valence-corrected chi connectivity index (χ2v) is 2.94. The molecule has 0 saturated heterocycles. The molecular weight excluding hydrogens is 206 g/mol. The first-order valence-electron chi connectivity index (χ1n) is 3.42. The molecule has 0 fully saturated rings. The molecule has 0 aliphatic heterocycles. The molecule has 3 nitrogen and oxygen atoms in total. The maximum atomic E-state index is 4.89. The Morgan fingerprint density at radius 1 is 1.38 bits per heavy atom. The molecule has 0 heterocycles. The van der Waals surface area contributed by atoms with Gasteiger partial charge in [0.1, 0.15) is 4.32 Å². The third kappa shape index (κ3) is 7.42. The van der Waals surface area contributed by atoms with E-state index < -0.39 is 0 Å². The van der Waals surface area contributed by atoms with Crippen LogP contribution in [0.1, 0.15) is 0 Å². The van der Waals surface area contributed by atoms with Crippen molar-refractivity contribution in [2.45, 2.75) is 0 Å². The molecule has 0 aromatic heterocycles. The van der Waals surface area contributed by atoms with Crippen LogP contribution >= 0.6 is 24.8 Å². The predicted molar refractivity (Wildman–Crippen MR) is 60.2 cm³/mol. The molecule has 0 aromatic rings. The fraction of sp³-hybridized carbons (Fsp3) is 0.125. The Kier molecular flexibility index (Phi) is 7.14. The lowest BCUT2D eigenvalue weighted by Crippen LogP contribution is -2.16. The number of hydrogen-bond donors (Lipinski definition) is 2. The summed E-state index contributed by atoms with van der Waals surface area (Å²) in [5.74, 6) is 0.294. The Morgan fingerprint density at radius 3 is 2.31 bits per heavy atom. The van der Waals surface area contributed by atoms with Gasteiger partial charge in [0, 0.05) is 12.6 Å². The summed E-state index contributed by atoms with van der Waals surface area (Å²) in [6.07, 6.45) is 4.16. The van der Waals surface area contributed by atoms with Crippen molar-refractivity contribution in [1.82, 2.24) is 5.32 Å². The van der Waals surface area contributed by atoms with Crippen LogP contribution in [0.3, 0.4) is 0 Å². The topological polar surface area (TPSA) is 30.5 Å². The van der Waals surface area contributed by atoms with Gasteiger partial charge in [0.25, 0.3) is 5.95 Å². The molecule has 0 unspecified atom stereocenters. The number of rotatable bonds is 6. The maximum absolute atomic E-state index is 4.89. The molecule has 0 amide bonds. The maximum Gasteiger partial charge on any atom is 0.286 e. The molecule has 1 N–H and O–H groups in total. The quantitative estimate of drug-likeness (QED) is 0.404. The average molecular weight is 217 g/mol. The van der Waals surface area contributed by atoms with Gasteiger partial charge < -0.3 is 14.8 Å². The summed E-state index contributed by atoms with van der Waals surface area (Å²) in [6, 6.07) is 0. The molecule has 0 aliphatic rings. The second-order valence-electron chi connectivity index (χ2n) is 1.78. The lowest BCUT2D eigenvalue weighted by molar-refractivity contribution is 0.148. The van der Waals surface area contributed by atoms with Crippen LogP contribution in [0.2, 0.25) is 0 Å². The highest BCUT2D eigenvalue weighted by molar-refractivity contribution is 8.11. The molecular formula is C8H11NO2S2. The lowest BCUT2D eigenvalue weighted by atomic mass is 10.6. The Labute approximate surface area is 88.5 Å². The van der Waals surface area contributed by atoms with Crippen LogP contribution in [0.25, 0.3) is 0 Å². The molecule has 0 saturated carbocycles. The highest BCUT2D eigenvalue weighted by Crippen LogP contribution is 1.99. The van der Waals surface area contributed by atoms with Gasteiger partial charge in [0.15, 0.2) is 0 Å². The van der Waals surface area contributed by atoms with Crippen LogP contribution in [0.4, 0.5) is 0 Å². The minimum Gasteiger partial charge on any atom is -0.435 e. The summed E-state index contributed by atoms with van der Waals surface area (Å²) in [5, 5.41) is 2.78. The van der Waals surface area contributed by atoms with Crippen molar-refractivity contribution in [1.29, 1.82) is 0 Å². The molecule has 5 heteroatoms. The highest BCUT2D eigenvalue weighted by atomic mass is 32.1. The minimum atomic E-state index is 0.294. The van der Waals surface area contributed by atoms with E-state index in [1.165, 1.54) is 12.5 Å². The normalized spacial score (nSPS) is 8.08. The number of ether oxygens (including phenoxy) is 2. The number of nitrogens with one attached hydrogen (secondary N) is 1. The van der Waals surface area contributed by atoms with Gasteiger partial charge in [0.2, 0.25) is 0 Å². The van der Waals surface area contributed by atoms with Crippen molar-refractivity contribution in [3.8, 4) is 0 Å². The van der Waals surface area contributed by atoms with Crippen molar-refractivity contribution in [2.75, 3.05) is 6.54 Å². The zero-order valence-electron chi connectivity index (χ0n) is 7.03. The number of thiocarbonyl (C=S) groups is 1. The van der Waals surface area contributed by atoms with Gasteiger partial charge in [-0.05, 0) is 0 Å². The number of thiol groups is 1. The summed E-state index contributed by atoms with van der Waals surface area (Å²) < 4.78 is 10.2. The Bertz CT molecular complexity index is 214. The van der Waals surface area contributed by atoms with Gasteiger partial charge in [-0.1, -0.05) is 25.4 Å². The molecule has 0 spiro atoms. The summed E-state index contributed by atoms with van der Waals surface area (Å²) in [5.41, 5.74) is 0. The summed E-state index contributed by atoms with van der Waals surface area (Å²) in [6.45, 7) is 7.25. The third-order valence-electron chi connectivity index (χ3n) is 0.921. The highest BCUT2D eigenvalue weighted by Gasteiger charge is 1.93. The molecule has 72 valence electrons.